The quantitative estimate of drug-likeness (QED) is 0.158. The normalized spacial score (nSPS) is 11.0. The minimum absolute atomic E-state index is 0.0805. The molecular weight excluding hydrogens is 324 g/mol. The van der Waals surface area contributed by atoms with Gasteiger partial charge in [-0.05, 0) is 12.8 Å². The van der Waals surface area contributed by atoms with E-state index in [1.54, 1.807) is 0 Å². The Bertz CT molecular complexity index is 279. The van der Waals surface area contributed by atoms with E-state index in [2.05, 4.69) is 13.8 Å². The predicted octanol–water partition coefficient (Wildman–Crippen LogP) is 7.22. The van der Waals surface area contributed by atoms with Crippen LogP contribution in [0, 0.1) is 0 Å². The molecule has 0 amide bonds. The van der Waals surface area contributed by atoms with Crippen LogP contribution in [0.3, 0.4) is 0 Å². The van der Waals surface area contributed by atoms with Crippen molar-refractivity contribution >= 4 is 5.97 Å². The minimum atomic E-state index is -0.0805. The van der Waals surface area contributed by atoms with E-state index in [4.69, 9.17) is 9.47 Å². The molecule has 0 aliphatic rings. The van der Waals surface area contributed by atoms with Gasteiger partial charge >= 0.3 is 5.97 Å². The zero-order valence-electron chi connectivity index (χ0n) is 17.9. The van der Waals surface area contributed by atoms with Crippen LogP contribution in [-0.2, 0) is 14.3 Å². The summed E-state index contributed by atoms with van der Waals surface area (Å²) >= 11 is 0. The van der Waals surface area contributed by atoms with Crippen molar-refractivity contribution < 1.29 is 14.3 Å². The molecule has 3 nitrogen and oxygen atoms in total. The van der Waals surface area contributed by atoms with Gasteiger partial charge in [0.2, 0.25) is 0 Å². The van der Waals surface area contributed by atoms with Gasteiger partial charge in [-0.1, -0.05) is 104 Å². The molecule has 0 fully saturated rings. The molecule has 0 aliphatic carbocycles. The van der Waals surface area contributed by atoms with E-state index in [-0.39, 0.29) is 5.97 Å². The first-order valence-electron chi connectivity index (χ1n) is 11.5. The van der Waals surface area contributed by atoms with Crippen LogP contribution in [0.4, 0.5) is 0 Å². The summed E-state index contributed by atoms with van der Waals surface area (Å²) in [6, 6.07) is 0. The molecule has 0 aliphatic heterocycles. The molecule has 0 aromatic heterocycles. The van der Waals surface area contributed by atoms with Crippen molar-refractivity contribution in [2.45, 2.75) is 123 Å². The van der Waals surface area contributed by atoms with Crippen LogP contribution >= 0.6 is 0 Å². The van der Waals surface area contributed by atoms with Crippen LogP contribution in [0.2, 0.25) is 0 Å². The number of carbonyl (C=O) groups is 1. The van der Waals surface area contributed by atoms with Gasteiger partial charge in [0.05, 0.1) is 6.61 Å². The van der Waals surface area contributed by atoms with Crippen molar-refractivity contribution in [1.29, 1.82) is 0 Å². The monoisotopic (exact) mass is 370 g/mol. The second-order valence-corrected chi connectivity index (χ2v) is 7.53. The summed E-state index contributed by atoms with van der Waals surface area (Å²) in [6.45, 7) is 6.15. The topological polar surface area (TPSA) is 35.5 Å². The molecule has 0 radical (unpaired) electrons. The van der Waals surface area contributed by atoms with Gasteiger partial charge in [-0.15, -0.1) is 0 Å². The SMILES string of the molecule is CCCCCCCCCCCCCCCOCCOC(=O)CCCCC. The van der Waals surface area contributed by atoms with E-state index in [1.165, 1.54) is 77.0 Å². The molecule has 0 rings (SSSR count). The van der Waals surface area contributed by atoms with E-state index in [0.717, 1.165) is 32.3 Å². The van der Waals surface area contributed by atoms with Crippen LogP contribution in [0.15, 0.2) is 0 Å². The highest BCUT2D eigenvalue weighted by Gasteiger charge is 2.01. The molecule has 0 aromatic rings. The van der Waals surface area contributed by atoms with Crippen molar-refractivity contribution in [1.82, 2.24) is 0 Å². The highest BCUT2D eigenvalue weighted by molar-refractivity contribution is 5.69. The number of hydrogen-bond donors (Lipinski definition) is 0. The average molecular weight is 371 g/mol. The highest BCUT2D eigenvalue weighted by atomic mass is 16.6. The first-order valence-corrected chi connectivity index (χ1v) is 11.5. The molecule has 0 saturated heterocycles. The number of carbonyl (C=O) groups excluding carboxylic acids is 1. The van der Waals surface area contributed by atoms with Crippen molar-refractivity contribution in [3.05, 3.63) is 0 Å². The maximum atomic E-state index is 11.4. The van der Waals surface area contributed by atoms with Gasteiger partial charge in [0.1, 0.15) is 6.61 Å². The van der Waals surface area contributed by atoms with Gasteiger partial charge in [-0.2, -0.15) is 0 Å². The van der Waals surface area contributed by atoms with Crippen LogP contribution in [-0.4, -0.2) is 25.8 Å². The minimum Gasteiger partial charge on any atom is -0.463 e. The molecule has 0 spiro atoms. The molecule has 0 unspecified atom stereocenters. The largest absolute Gasteiger partial charge is 0.463 e. The molecule has 156 valence electrons. The lowest BCUT2D eigenvalue weighted by atomic mass is 10.0. The molecule has 0 saturated carbocycles. The molecular formula is C23H46O3. The van der Waals surface area contributed by atoms with Gasteiger partial charge in [-0.25, -0.2) is 0 Å². The molecule has 0 N–H and O–H groups in total. The van der Waals surface area contributed by atoms with Gasteiger partial charge in [0.25, 0.3) is 0 Å². The molecule has 0 bridgehead atoms. The van der Waals surface area contributed by atoms with E-state index in [1.807, 2.05) is 0 Å². The molecule has 26 heavy (non-hydrogen) atoms. The first kappa shape index (κ1) is 25.4. The third-order valence-corrected chi connectivity index (χ3v) is 4.87. The summed E-state index contributed by atoms with van der Waals surface area (Å²) in [5, 5.41) is 0. The number of rotatable bonds is 21. The van der Waals surface area contributed by atoms with Crippen molar-refractivity contribution in [2.24, 2.45) is 0 Å². The Kier molecular flexibility index (Phi) is 22.0. The number of esters is 1. The fourth-order valence-electron chi connectivity index (χ4n) is 3.13. The van der Waals surface area contributed by atoms with Crippen molar-refractivity contribution in [2.75, 3.05) is 19.8 Å². The van der Waals surface area contributed by atoms with Crippen LogP contribution in [0.25, 0.3) is 0 Å². The maximum absolute atomic E-state index is 11.4. The molecule has 3 heteroatoms. The zero-order valence-corrected chi connectivity index (χ0v) is 17.9. The molecule has 0 heterocycles. The standard InChI is InChI=1S/C23H46O3/c1-3-5-7-8-9-10-11-12-13-14-15-16-18-20-25-21-22-26-23(24)19-17-6-4-2/h3-22H2,1-2H3. The summed E-state index contributed by atoms with van der Waals surface area (Å²) in [4.78, 5) is 11.4. The second-order valence-electron chi connectivity index (χ2n) is 7.53. The lowest BCUT2D eigenvalue weighted by Gasteiger charge is -2.06. The van der Waals surface area contributed by atoms with E-state index < -0.39 is 0 Å². The summed E-state index contributed by atoms with van der Waals surface area (Å²) in [7, 11) is 0. The molecule has 0 atom stereocenters. The smallest absolute Gasteiger partial charge is 0.305 e. The van der Waals surface area contributed by atoms with Gasteiger partial charge < -0.3 is 9.47 Å². The maximum Gasteiger partial charge on any atom is 0.305 e. The average Bonchev–Trinajstić information content (AvgIpc) is 2.64. The fourth-order valence-corrected chi connectivity index (χ4v) is 3.13. The zero-order chi connectivity index (χ0) is 19.1. The summed E-state index contributed by atoms with van der Waals surface area (Å²) in [6.07, 6.45) is 21.5. The third kappa shape index (κ3) is 21.5. The number of unbranched alkanes of at least 4 members (excludes halogenated alkanes) is 14. The van der Waals surface area contributed by atoms with Crippen LogP contribution in [0.1, 0.15) is 123 Å². The van der Waals surface area contributed by atoms with Crippen LogP contribution < -0.4 is 0 Å². The van der Waals surface area contributed by atoms with Gasteiger partial charge in [0, 0.05) is 13.0 Å². The predicted molar refractivity (Wildman–Crippen MR) is 112 cm³/mol. The fraction of sp³-hybridized carbons (Fsp3) is 0.957. The summed E-state index contributed by atoms with van der Waals surface area (Å²) in [5.41, 5.74) is 0. The number of ether oxygens (including phenoxy) is 2. The Labute approximate surface area is 163 Å². The van der Waals surface area contributed by atoms with Crippen LogP contribution in [0.5, 0.6) is 0 Å². The van der Waals surface area contributed by atoms with Gasteiger partial charge in [0.15, 0.2) is 0 Å². The second kappa shape index (κ2) is 22.5. The van der Waals surface area contributed by atoms with Gasteiger partial charge in [-0.3, -0.25) is 4.79 Å². The summed E-state index contributed by atoms with van der Waals surface area (Å²) in [5.74, 6) is -0.0805. The van der Waals surface area contributed by atoms with E-state index in [0.29, 0.717) is 19.6 Å². The summed E-state index contributed by atoms with van der Waals surface area (Å²) < 4.78 is 10.7. The Hall–Kier alpha value is -0.570. The highest BCUT2D eigenvalue weighted by Crippen LogP contribution is 2.12. The lowest BCUT2D eigenvalue weighted by molar-refractivity contribution is -0.145. The number of hydrogen-bond acceptors (Lipinski definition) is 3. The lowest BCUT2D eigenvalue weighted by Crippen LogP contribution is -2.10. The van der Waals surface area contributed by atoms with Crippen molar-refractivity contribution in [3.63, 3.8) is 0 Å². The molecule has 0 aromatic carbocycles. The Morgan fingerprint density at radius 1 is 0.538 bits per heavy atom. The third-order valence-electron chi connectivity index (χ3n) is 4.87. The first-order chi connectivity index (χ1) is 12.8. The Morgan fingerprint density at radius 3 is 1.54 bits per heavy atom. The van der Waals surface area contributed by atoms with E-state index in [9.17, 15) is 4.79 Å². The van der Waals surface area contributed by atoms with E-state index >= 15 is 0 Å². The van der Waals surface area contributed by atoms with Crippen molar-refractivity contribution in [3.8, 4) is 0 Å². The Balaban J connectivity index is 3.06. The Morgan fingerprint density at radius 2 is 1.00 bits per heavy atom.